The molecule has 4 rings (SSSR count). The van der Waals surface area contributed by atoms with Crippen LogP contribution in [0.25, 0.3) is 0 Å². The van der Waals surface area contributed by atoms with E-state index in [0.29, 0.717) is 12.3 Å². The summed E-state index contributed by atoms with van der Waals surface area (Å²) >= 11 is 0. The minimum absolute atomic E-state index is 0.0388. The summed E-state index contributed by atoms with van der Waals surface area (Å²) in [6.45, 7) is 2.19. The lowest BCUT2D eigenvalue weighted by Gasteiger charge is -2.35. The number of hydrogen-bond donors (Lipinski definition) is 0. The van der Waals surface area contributed by atoms with E-state index in [1.54, 1.807) is 38.3 Å². The third kappa shape index (κ3) is 4.71. The van der Waals surface area contributed by atoms with Crippen LogP contribution in [-0.4, -0.2) is 40.6 Å². The van der Waals surface area contributed by atoms with Crippen LogP contribution < -0.4 is 9.47 Å². The summed E-state index contributed by atoms with van der Waals surface area (Å²) in [6, 6.07) is 14.3. The molecule has 0 unspecified atom stereocenters. The topological polar surface area (TPSA) is 75.5 Å². The third-order valence-corrected chi connectivity index (χ3v) is 5.31. The number of nitrogens with zero attached hydrogens (tertiary/aromatic N) is 3. The molecule has 0 radical (unpaired) electrons. The fourth-order valence-electron chi connectivity index (χ4n) is 3.56. The molecule has 0 N–H and O–H groups in total. The van der Waals surface area contributed by atoms with Crippen molar-refractivity contribution in [2.75, 3.05) is 13.7 Å². The predicted molar refractivity (Wildman–Crippen MR) is 112 cm³/mol. The Morgan fingerprint density at radius 1 is 1.09 bits per heavy atom. The molecule has 1 heterocycles. The van der Waals surface area contributed by atoms with Gasteiger partial charge in [-0.05, 0) is 48.2 Å². The Hall–Kier alpha value is -3.49. The second-order valence-electron chi connectivity index (χ2n) is 7.60. The van der Waals surface area contributed by atoms with Crippen molar-refractivity contribution in [2.45, 2.75) is 38.2 Å². The average molecular weight is 443 g/mol. The number of aromatic nitrogens is 3. The van der Waals surface area contributed by atoms with Gasteiger partial charge in [0.15, 0.2) is 0 Å². The molecule has 0 spiro atoms. The number of alkyl halides is 2. The first kappa shape index (κ1) is 21.7. The number of hydrogen-bond acceptors (Lipinski definition) is 6. The number of ether oxygens (including phenoxy) is 3. The van der Waals surface area contributed by atoms with Gasteiger partial charge in [-0.15, -0.1) is 5.10 Å². The van der Waals surface area contributed by atoms with Crippen molar-refractivity contribution in [3.05, 3.63) is 65.4 Å². The van der Waals surface area contributed by atoms with Crippen molar-refractivity contribution in [1.29, 1.82) is 0 Å². The SMILES string of the molecule is CCOC(=O)c1nnn(Cc2ccc(OC)cc2)c1Oc1ccc(C2CC(F)(F)C2)cc1. The van der Waals surface area contributed by atoms with Crippen LogP contribution >= 0.6 is 0 Å². The van der Waals surface area contributed by atoms with Crippen molar-refractivity contribution in [3.8, 4) is 17.4 Å². The van der Waals surface area contributed by atoms with E-state index in [1.165, 1.54) is 4.68 Å². The summed E-state index contributed by atoms with van der Waals surface area (Å²) < 4.78 is 44.0. The fourth-order valence-corrected chi connectivity index (χ4v) is 3.56. The van der Waals surface area contributed by atoms with Crippen molar-refractivity contribution in [1.82, 2.24) is 15.0 Å². The van der Waals surface area contributed by atoms with Crippen molar-refractivity contribution in [2.24, 2.45) is 0 Å². The Morgan fingerprint density at radius 2 is 1.75 bits per heavy atom. The Balaban J connectivity index is 1.56. The quantitative estimate of drug-likeness (QED) is 0.465. The van der Waals surface area contributed by atoms with Crippen LogP contribution in [0.2, 0.25) is 0 Å². The normalized spacial score (nSPS) is 15.1. The molecule has 1 aromatic heterocycles. The van der Waals surface area contributed by atoms with E-state index < -0.39 is 11.9 Å². The minimum atomic E-state index is -2.58. The summed E-state index contributed by atoms with van der Waals surface area (Å²) in [5.74, 6) is -2.08. The smallest absolute Gasteiger partial charge is 0.364 e. The molecular weight excluding hydrogens is 420 g/mol. The molecule has 1 fully saturated rings. The number of benzene rings is 2. The van der Waals surface area contributed by atoms with E-state index in [1.807, 2.05) is 24.3 Å². The number of carbonyl (C=O) groups is 1. The Bertz CT molecular complexity index is 1070. The molecule has 0 bridgehead atoms. The van der Waals surface area contributed by atoms with Gasteiger partial charge >= 0.3 is 5.97 Å². The van der Waals surface area contributed by atoms with Crippen LogP contribution in [0, 0.1) is 0 Å². The zero-order valence-corrected chi connectivity index (χ0v) is 17.8. The highest BCUT2D eigenvalue weighted by atomic mass is 19.3. The first-order chi connectivity index (χ1) is 15.4. The van der Waals surface area contributed by atoms with Crippen LogP contribution in [0.1, 0.15) is 47.3 Å². The van der Waals surface area contributed by atoms with Crippen LogP contribution in [0.5, 0.6) is 17.4 Å². The third-order valence-electron chi connectivity index (χ3n) is 5.31. The summed E-state index contributed by atoms with van der Waals surface area (Å²) in [5.41, 5.74) is 1.69. The van der Waals surface area contributed by atoms with Crippen LogP contribution in [0.4, 0.5) is 8.78 Å². The van der Waals surface area contributed by atoms with Crippen molar-refractivity contribution >= 4 is 5.97 Å². The Morgan fingerprint density at radius 3 is 2.34 bits per heavy atom. The number of halogens is 2. The van der Waals surface area contributed by atoms with Gasteiger partial charge < -0.3 is 14.2 Å². The van der Waals surface area contributed by atoms with Gasteiger partial charge in [0.1, 0.15) is 11.5 Å². The lowest BCUT2D eigenvalue weighted by molar-refractivity contribution is -0.0867. The Labute approximate surface area is 183 Å². The maximum atomic E-state index is 13.2. The summed E-state index contributed by atoms with van der Waals surface area (Å²) in [4.78, 5) is 12.4. The summed E-state index contributed by atoms with van der Waals surface area (Å²) in [7, 11) is 1.59. The number of carbonyl (C=O) groups excluding carboxylic acids is 1. The highest BCUT2D eigenvalue weighted by molar-refractivity contribution is 5.89. The molecule has 168 valence electrons. The van der Waals surface area contributed by atoms with E-state index in [-0.39, 0.29) is 36.9 Å². The molecule has 2 aromatic carbocycles. The lowest BCUT2D eigenvalue weighted by Crippen LogP contribution is -2.33. The second kappa shape index (κ2) is 8.94. The van der Waals surface area contributed by atoms with E-state index in [0.717, 1.165) is 16.9 Å². The van der Waals surface area contributed by atoms with Gasteiger partial charge in [-0.3, -0.25) is 0 Å². The number of rotatable bonds is 8. The van der Waals surface area contributed by atoms with Gasteiger partial charge in [-0.2, -0.15) is 0 Å². The van der Waals surface area contributed by atoms with Gasteiger partial charge in [0.2, 0.25) is 11.6 Å². The first-order valence-electron chi connectivity index (χ1n) is 10.3. The van der Waals surface area contributed by atoms with Gasteiger partial charge in [-0.25, -0.2) is 18.3 Å². The molecule has 0 aliphatic heterocycles. The highest BCUT2D eigenvalue weighted by Gasteiger charge is 2.45. The molecule has 9 heteroatoms. The van der Waals surface area contributed by atoms with Gasteiger partial charge in [0, 0.05) is 12.8 Å². The predicted octanol–water partition coefficient (Wildman–Crippen LogP) is 4.82. The second-order valence-corrected chi connectivity index (χ2v) is 7.60. The van der Waals surface area contributed by atoms with Gasteiger partial charge in [0.25, 0.3) is 5.88 Å². The van der Waals surface area contributed by atoms with E-state index in [2.05, 4.69) is 10.3 Å². The summed E-state index contributed by atoms with van der Waals surface area (Å²) in [6.07, 6.45) is -0.280. The van der Waals surface area contributed by atoms with E-state index >= 15 is 0 Å². The van der Waals surface area contributed by atoms with Crippen LogP contribution in [0.3, 0.4) is 0 Å². The van der Waals surface area contributed by atoms with Gasteiger partial charge in [0.05, 0.1) is 20.3 Å². The maximum Gasteiger partial charge on any atom is 0.364 e. The number of esters is 1. The molecule has 32 heavy (non-hydrogen) atoms. The molecule has 7 nitrogen and oxygen atoms in total. The Kier molecular flexibility index (Phi) is 6.07. The van der Waals surface area contributed by atoms with E-state index in [4.69, 9.17) is 14.2 Å². The molecule has 3 aromatic rings. The van der Waals surface area contributed by atoms with Crippen molar-refractivity contribution in [3.63, 3.8) is 0 Å². The largest absolute Gasteiger partial charge is 0.497 e. The molecule has 1 aliphatic rings. The highest BCUT2D eigenvalue weighted by Crippen LogP contribution is 2.48. The number of methoxy groups -OCH3 is 1. The van der Waals surface area contributed by atoms with Gasteiger partial charge in [-0.1, -0.05) is 29.5 Å². The molecule has 1 saturated carbocycles. The maximum absolute atomic E-state index is 13.2. The van der Waals surface area contributed by atoms with Crippen molar-refractivity contribution < 1.29 is 27.8 Å². The molecule has 1 aliphatic carbocycles. The van der Waals surface area contributed by atoms with Crippen LogP contribution in [-0.2, 0) is 11.3 Å². The fraction of sp³-hybridized carbons (Fsp3) is 0.348. The standard InChI is InChI=1S/C23H23F2N3O4/c1-3-31-22(29)20-21(28(27-26-20)14-15-4-8-18(30-2)9-5-15)32-19-10-6-16(7-11-19)17-12-23(24,25)13-17/h4-11,17H,3,12-14H2,1-2H3. The van der Waals surface area contributed by atoms with Crippen LogP contribution in [0.15, 0.2) is 48.5 Å². The first-order valence-corrected chi connectivity index (χ1v) is 10.3. The molecule has 0 amide bonds. The zero-order chi connectivity index (χ0) is 22.7. The summed E-state index contributed by atoms with van der Waals surface area (Å²) in [5, 5.41) is 8.01. The zero-order valence-electron chi connectivity index (χ0n) is 17.8. The molecule has 0 atom stereocenters. The molecular formula is C23H23F2N3O4. The lowest BCUT2D eigenvalue weighted by atomic mass is 9.77. The molecule has 0 saturated heterocycles. The minimum Gasteiger partial charge on any atom is -0.497 e. The average Bonchev–Trinajstić information content (AvgIpc) is 3.15. The monoisotopic (exact) mass is 443 g/mol. The van der Waals surface area contributed by atoms with E-state index in [9.17, 15) is 13.6 Å².